The number of pyridine rings is 1. The SMILES string of the molecule is CC.CC.CC(C)(C)c1ccncc1. The normalized spacial score (nSPS) is 9.07. The van der Waals surface area contributed by atoms with Gasteiger partial charge < -0.3 is 0 Å². The number of hydrogen-bond donors (Lipinski definition) is 0. The topological polar surface area (TPSA) is 12.9 Å². The highest BCUT2D eigenvalue weighted by Gasteiger charge is 2.11. The molecule has 0 atom stereocenters. The maximum absolute atomic E-state index is 3.96. The van der Waals surface area contributed by atoms with Gasteiger partial charge in [0, 0.05) is 12.4 Å². The molecule has 1 rings (SSSR count). The van der Waals surface area contributed by atoms with Crippen molar-refractivity contribution in [2.45, 2.75) is 53.9 Å². The van der Waals surface area contributed by atoms with E-state index in [2.05, 4.69) is 37.9 Å². The quantitative estimate of drug-likeness (QED) is 0.596. The zero-order valence-corrected chi connectivity index (χ0v) is 10.8. The Hall–Kier alpha value is -0.850. The van der Waals surface area contributed by atoms with Crippen LogP contribution in [-0.2, 0) is 5.41 Å². The standard InChI is InChI=1S/C9H13N.2C2H6/c1-9(2,3)8-4-6-10-7-5-8;2*1-2/h4-7H,1-3H3;2*1-2H3. The second-order valence-electron chi connectivity index (χ2n) is 3.49. The molecule has 82 valence electrons. The molecule has 0 N–H and O–H groups in total. The van der Waals surface area contributed by atoms with Gasteiger partial charge in [-0.1, -0.05) is 48.5 Å². The summed E-state index contributed by atoms with van der Waals surface area (Å²) in [6.07, 6.45) is 3.67. The summed E-state index contributed by atoms with van der Waals surface area (Å²) in [5.41, 5.74) is 1.59. The van der Waals surface area contributed by atoms with Crippen molar-refractivity contribution in [3.8, 4) is 0 Å². The molecule has 0 fully saturated rings. The van der Waals surface area contributed by atoms with Gasteiger partial charge in [0.05, 0.1) is 0 Å². The fourth-order valence-corrected chi connectivity index (χ4v) is 0.852. The van der Waals surface area contributed by atoms with Crippen molar-refractivity contribution in [3.63, 3.8) is 0 Å². The Kier molecular flexibility index (Phi) is 9.74. The molecule has 0 spiro atoms. The summed E-state index contributed by atoms with van der Waals surface area (Å²) < 4.78 is 0. The number of rotatable bonds is 0. The fourth-order valence-electron chi connectivity index (χ4n) is 0.852. The number of aromatic nitrogens is 1. The first-order valence-electron chi connectivity index (χ1n) is 5.51. The molecule has 0 radical (unpaired) electrons. The molecule has 0 unspecified atom stereocenters. The van der Waals surface area contributed by atoms with Crippen molar-refractivity contribution >= 4 is 0 Å². The lowest BCUT2D eigenvalue weighted by Gasteiger charge is -2.17. The second-order valence-corrected chi connectivity index (χ2v) is 3.49. The molecule has 0 amide bonds. The van der Waals surface area contributed by atoms with Crippen LogP contribution in [0.4, 0.5) is 0 Å². The van der Waals surface area contributed by atoms with E-state index in [1.54, 1.807) is 0 Å². The average molecular weight is 195 g/mol. The molecular formula is C13H25N. The molecule has 0 aliphatic heterocycles. The Morgan fingerprint density at radius 2 is 1.21 bits per heavy atom. The largest absolute Gasteiger partial charge is 0.265 e. The van der Waals surface area contributed by atoms with Gasteiger partial charge in [0.25, 0.3) is 0 Å². The zero-order valence-electron chi connectivity index (χ0n) is 10.8. The smallest absolute Gasteiger partial charge is 0.0270 e. The van der Waals surface area contributed by atoms with Crippen molar-refractivity contribution in [1.82, 2.24) is 4.98 Å². The van der Waals surface area contributed by atoms with Crippen LogP contribution < -0.4 is 0 Å². The van der Waals surface area contributed by atoms with Crippen LogP contribution in [0.15, 0.2) is 24.5 Å². The first kappa shape index (κ1) is 15.6. The van der Waals surface area contributed by atoms with Crippen LogP contribution in [0, 0.1) is 0 Å². The summed E-state index contributed by atoms with van der Waals surface area (Å²) in [5, 5.41) is 0. The zero-order chi connectivity index (χ0) is 11.6. The highest BCUT2D eigenvalue weighted by molar-refractivity contribution is 5.18. The molecule has 0 aliphatic carbocycles. The molecule has 1 aromatic rings. The summed E-state index contributed by atoms with van der Waals surface area (Å²) in [7, 11) is 0. The maximum atomic E-state index is 3.96. The average Bonchev–Trinajstić information content (AvgIpc) is 2.24. The van der Waals surface area contributed by atoms with Crippen LogP contribution in [0.1, 0.15) is 54.0 Å². The van der Waals surface area contributed by atoms with Gasteiger partial charge in [-0.15, -0.1) is 0 Å². The van der Waals surface area contributed by atoms with E-state index < -0.39 is 0 Å². The highest BCUT2D eigenvalue weighted by Crippen LogP contribution is 2.20. The first-order chi connectivity index (χ1) is 6.61. The molecule has 1 aromatic heterocycles. The van der Waals surface area contributed by atoms with Crippen molar-refractivity contribution in [2.24, 2.45) is 0 Å². The van der Waals surface area contributed by atoms with Crippen molar-refractivity contribution in [3.05, 3.63) is 30.1 Å². The second kappa shape index (κ2) is 8.74. The van der Waals surface area contributed by atoms with Gasteiger partial charge in [-0.25, -0.2) is 0 Å². The van der Waals surface area contributed by atoms with Crippen LogP contribution in [0.5, 0.6) is 0 Å². The van der Waals surface area contributed by atoms with E-state index in [0.717, 1.165) is 0 Å². The Morgan fingerprint density at radius 3 is 1.43 bits per heavy atom. The van der Waals surface area contributed by atoms with Gasteiger partial charge in [-0.3, -0.25) is 4.98 Å². The lowest BCUT2D eigenvalue weighted by molar-refractivity contribution is 0.589. The molecule has 0 saturated heterocycles. The minimum atomic E-state index is 0.253. The molecule has 1 heteroatoms. The molecule has 0 bridgehead atoms. The van der Waals surface area contributed by atoms with E-state index in [1.165, 1.54) is 5.56 Å². The van der Waals surface area contributed by atoms with E-state index >= 15 is 0 Å². The van der Waals surface area contributed by atoms with Gasteiger partial charge >= 0.3 is 0 Å². The third-order valence-corrected chi connectivity index (χ3v) is 1.55. The molecule has 0 aliphatic rings. The molecular weight excluding hydrogens is 170 g/mol. The highest BCUT2D eigenvalue weighted by atomic mass is 14.6. The summed E-state index contributed by atoms with van der Waals surface area (Å²) in [5.74, 6) is 0. The Morgan fingerprint density at radius 1 is 0.857 bits per heavy atom. The van der Waals surface area contributed by atoms with Crippen LogP contribution in [0.2, 0.25) is 0 Å². The summed E-state index contributed by atoms with van der Waals surface area (Å²) in [4.78, 5) is 3.96. The molecule has 1 nitrogen and oxygen atoms in total. The summed E-state index contributed by atoms with van der Waals surface area (Å²) in [6.45, 7) is 14.6. The Bertz CT molecular complexity index is 196. The van der Waals surface area contributed by atoms with Crippen LogP contribution >= 0.6 is 0 Å². The van der Waals surface area contributed by atoms with E-state index in [1.807, 2.05) is 40.1 Å². The minimum Gasteiger partial charge on any atom is -0.265 e. The Labute approximate surface area is 89.6 Å². The first-order valence-corrected chi connectivity index (χ1v) is 5.51. The number of nitrogens with zero attached hydrogens (tertiary/aromatic N) is 1. The van der Waals surface area contributed by atoms with Gasteiger partial charge in [-0.05, 0) is 23.1 Å². The Balaban J connectivity index is 0. The van der Waals surface area contributed by atoms with Gasteiger partial charge in [0.1, 0.15) is 0 Å². The van der Waals surface area contributed by atoms with E-state index in [4.69, 9.17) is 0 Å². The number of hydrogen-bond acceptors (Lipinski definition) is 1. The summed E-state index contributed by atoms with van der Waals surface area (Å²) in [6, 6.07) is 4.11. The van der Waals surface area contributed by atoms with E-state index in [0.29, 0.717) is 0 Å². The summed E-state index contributed by atoms with van der Waals surface area (Å²) >= 11 is 0. The molecule has 0 aromatic carbocycles. The monoisotopic (exact) mass is 195 g/mol. The lowest BCUT2D eigenvalue weighted by atomic mass is 9.88. The lowest BCUT2D eigenvalue weighted by Crippen LogP contribution is -2.10. The van der Waals surface area contributed by atoms with Crippen LogP contribution in [0.25, 0.3) is 0 Å². The van der Waals surface area contributed by atoms with Crippen molar-refractivity contribution in [1.29, 1.82) is 0 Å². The fraction of sp³-hybridized carbons (Fsp3) is 0.615. The predicted molar refractivity (Wildman–Crippen MR) is 65.6 cm³/mol. The van der Waals surface area contributed by atoms with Crippen LogP contribution in [0.3, 0.4) is 0 Å². The minimum absolute atomic E-state index is 0.253. The van der Waals surface area contributed by atoms with Crippen molar-refractivity contribution < 1.29 is 0 Å². The van der Waals surface area contributed by atoms with E-state index in [9.17, 15) is 0 Å². The maximum Gasteiger partial charge on any atom is 0.0270 e. The van der Waals surface area contributed by atoms with Gasteiger partial charge in [0.15, 0.2) is 0 Å². The molecule has 1 heterocycles. The van der Waals surface area contributed by atoms with E-state index in [-0.39, 0.29) is 5.41 Å². The van der Waals surface area contributed by atoms with Gasteiger partial charge in [-0.2, -0.15) is 0 Å². The predicted octanol–water partition coefficient (Wildman–Crippen LogP) is 4.43. The third kappa shape index (κ3) is 6.64. The molecule has 0 saturated carbocycles. The van der Waals surface area contributed by atoms with Crippen LogP contribution in [-0.4, -0.2) is 4.98 Å². The third-order valence-electron chi connectivity index (χ3n) is 1.55. The molecule has 14 heavy (non-hydrogen) atoms. The van der Waals surface area contributed by atoms with Gasteiger partial charge in [0.2, 0.25) is 0 Å². The van der Waals surface area contributed by atoms with Crippen molar-refractivity contribution in [2.75, 3.05) is 0 Å².